The Bertz CT molecular complexity index is 635. The lowest BCUT2D eigenvalue weighted by molar-refractivity contribution is 0.427. The molecule has 4 nitrogen and oxygen atoms in total. The second-order valence-corrected chi connectivity index (χ2v) is 3.68. The molecule has 0 amide bonds. The molecule has 2 aromatic rings. The molecule has 0 bridgehead atoms. The van der Waals surface area contributed by atoms with Crippen LogP contribution in [0.5, 0.6) is 11.6 Å². The van der Waals surface area contributed by atoms with Crippen LogP contribution in [0.1, 0.15) is 11.1 Å². The van der Waals surface area contributed by atoms with Gasteiger partial charge >= 0.3 is 0 Å². The Labute approximate surface area is 103 Å². The number of hydrogen-bond donors (Lipinski definition) is 1. The summed E-state index contributed by atoms with van der Waals surface area (Å²) in [6.45, 7) is 1.63. The third-order valence-electron chi connectivity index (χ3n) is 2.44. The van der Waals surface area contributed by atoms with Crippen molar-refractivity contribution in [2.24, 2.45) is 0 Å². The highest BCUT2D eigenvalue weighted by Gasteiger charge is 2.12. The molecule has 0 spiro atoms. The SMILES string of the molecule is Cc1cccc(Oc2nccc(C#N)c2N)c1F. The molecular formula is C13H10FN3O. The summed E-state index contributed by atoms with van der Waals surface area (Å²) in [4.78, 5) is 3.89. The fourth-order valence-corrected chi connectivity index (χ4v) is 1.44. The number of aromatic nitrogens is 1. The van der Waals surface area contributed by atoms with E-state index in [1.54, 1.807) is 19.1 Å². The second-order valence-electron chi connectivity index (χ2n) is 3.68. The quantitative estimate of drug-likeness (QED) is 0.880. The summed E-state index contributed by atoms with van der Waals surface area (Å²) in [6.07, 6.45) is 1.39. The average molecular weight is 243 g/mol. The summed E-state index contributed by atoms with van der Waals surface area (Å²) in [5, 5.41) is 8.82. The zero-order chi connectivity index (χ0) is 13.1. The van der Waals surface area contributed by atoms with Gasteiger partial charge in [0, 0.05) is 6.20 Å². The smallest absolute Gasteiger partial charge is 0.244 e. The van der Waals surface area contributed by atoms with Crippen LogP contribution in [0.25, 0.3) is 0 Å². The second kappa shape index (κ2) is 4.72. The minimum Gasteiger partial charge on any atom is -0.434 e. The first-order valence-corrected chi connectivity index (χ1v) is 5.21. The highest BCUT2D eigenvalue weighted by molar-refractivity contribution is 5.60. The summed E-state index contributed by atoms with van der Waals surface area (Å²) >= 11 is 0. The van der Waals surface area contributed by atoms with Crippen LogP contribution >= 0.6 is 0 Å². The highest BCUT2D eigenvalue weighted by Crippen LogP contribution is 2.29. The van der Waals surface area contributed by atoms with Gasteiger partial charge in [-0.2, -0.15) is 5.26 Å². The Hall–Kier alpha value is -2.61. The number of nitrogen functional groups attached to an aromatic ring is 1. The van der Waals surface area contributed by atoms with E-state index < -0.39 is 5.82 Å². The lowest BCUT2D eigenvalue weighted by Gasteiger charge is -2.09. The van der Waals surface area contributed by atoms with E-state index in [0.717, 1.165) is 0 Å². The van der Waals surface area contributed by atoms with Gasteiger partial charge in [0.05, 0.1) is 5.56 Å². The molecule has 0 saturated heterocycles. The molecule has 18 heavy (non-hydrogen) atoms. The van der Waals surface area contributed by atoms with Crippen molar-refractivity contribution in [1.82, 2.24) is 4.98 Å². The summed E-state index contributed by atoms with van der Waals surface area (Å²) < 4.78 is 19.0. The first-order valence-electron chi connectivity index (χ1n) is 5.21. The first kappa shape index (κ1) is 11.9. The number of nitrogens with zero attached hydrogens (tertiary/aromatic N) is 2. The van der Waals surface area contributed by atoms with E-state index in [1.165, 1.54) is 18.3 Å². The molecule has 1 aromatic heterocycles. The predicted molar refractivity (Wildman–Crippen MR) is 64.6 cm³/mol. The fraction of sp³-hybridized carbons (Fsp3) is 0.0769. The number of pyridine rings is 1. The summed E-state index contributed by atoms with van der Waals surface area (Å²) in [5.41, 5.74) is 6.50. The minimum atomic E-state index is -0.471. The topological polar surface area (TPSA) is 71.9 Å². The zero-order valence-electron chi connectivity index (χ0n) is 9.64. The number of nitriles is 1. The van der Waals surface area contributed by atoms with Crippen LogP contribution in [0.15, 0.2) is 30.5 Å². The average Bonchev–Trinajstić information content (AvgIpc) is 2.37. The van der Waals surface area contributed by atoms with Crippen LogP contribution in [0.2, 0.25) is 0 Å². The van der Waals surface area contributed by atoms with Gasteiger partial charge in [-0.1, -0.05) is 12.1 Å². The number of nitrogens with two attached hydrogens (primary N) is 1. The maximum atomic E-state index is 13.7. The van der Waals surface area contributed by atoms with Gasteiger partial charge < -0.3 is 10.5 Å². The number of ether oxygens (including phenoxy) is 1. The molecule has 2 rings (SSSR count). The van der Waals surface area contributed by atoms with Crippen LogP contribution in [0, 0.1) is 24.1 Å². The lowest BCUT2D eigenvalue weighted by atomic mass is 10.2. The van der Waals surface area contributed by atoms with Gasteiger partial charge in [-0.15, -0.1) is 0 Å². The molecule has 0 saturated carbocycles. The van der Waals surface area contributed by atoms with Crippen molar-refractivity contribution in [2.75, 3.05) is 5.73 Å². The van der Waals surface area contributed by atoms with Crippen LogP contribution in [0.3, 0.4) is 0 Å². The summed E-state index contributed by atoms with van der Waals surface area (Å²) in [6, 6.07) is 8.14. The Morgan fingerprint density at radius 2 is 2.17 bits per heavy atom. The highest BCUT2D eigenvalue weighted by atomic mass is 19.1. The van der Waals surface area contributed by atoms with Crippen LogP contribution in [0.4, 0.5) is 10.1 Å². The third kappa shape index (κ3) is 2.09. The van der Waals surface area contributed by atoms with Gasteiger partial charge in [0.15, 0.2) is 11.6 Å². The molecule has 0 atom stereocenters. The molecule has 0 fully saturated rings. The third-order valence-corrected chi connectivity index (χ3v) is 2.44. The first-order chi connectivity index (χ1) is 8.63. The molecule has 90 valence electrons. The van der Waals surface area contributed by atoms with Gasteiger partial charge in [-0.25, -0.2) is 9.37 Å². The van der Waals surface area contributed by atoms with E-state index in [1.807, 2.05) is 6.07 Å². The number of hydrogen-bond acceptors (Lipinski definition) is 4. The van der Waals surface area contributed by atoms with Crippen molar-refractivity contribution in [3.05, 3.63) is 47.4 Å². The van der Waals surface area contributed by atoms with E-state index in [4.69, 9.17) is 15.7 Å². The molecule has 2 N–H and O–H groups in total. The van der Waals surface area contributed by atoms with Crippen molar-refractivity contribution in [3.63, 3.8) is 0 Å². The Kier molecular flexibility index (Phi) is 3.11. The number of anilines is 1. The summed E-state index contributed by atoms with van der Waals surface area (Å²) in [5.74, 6) is -0.413. The van der Waals surface area contributed by atoms with Gasteiger partial charge in [0.2, 0.25) is 5.88 Å². The molecule has 0 aliphatic rings. The molecule has 5 heteroatoms. The van der Waals surface area contributed by atoms with Crippen LogP contribution < -0.4 is 10.5 Å². The van der Waals surface area contributed by atoms with E-state index in [0.29, 0.717) is 5.56 Å². The van der Waals surface area contributed by atoms with E-state index >= 15 is 0 Å². The van der Waals surface area contributed by atoms with Crippen molar-refractivity contribution in [3.8, 4) is 17.7 Å². The molecule has 0 radical (unpaired) electrons. The fourth-order valence-electron chi connectivity index (χ4n) is 1.44. The number of halogens is 1. The maximum Gasteiger partial charge on any atom is 0.244 e. The Morgan fingerprint density at radius 3 is 2.89 bits per heavy atom. The van der Waals surface area contributed by atoms with Crippen LogP contribution in [-0.4, -0.2) is 4.98 Å². The van der Waals surface area contributed by atoms with Crippen molar-refractivity contribution in [1.29, 1.82) is 5.26 Å². The summed E-state index contributed by atoms with van der Waals surface area (Å²) in [7, 11) is 0. The molecule has 0 aliphatic heterocycles. The van der Waals surface area contributed by atoms with Crippen molar-refractivity contribution >= 4 is 5.69 Å². The Morgan fingerprint density at radius 1 is 1.39 bits per heavy atom. The number of rotatable bonds is 2. The predicted octanol–water partition coefficient (Wildman–Crippen LogP) is 2.78. The molecular weight excluding hydrogens is 233 g/mol. The largest absolute Gasteiger partial charge is 0.434 e. The number of aryl methyl sites for hydroxylation is 1. The van der Waals surface area contributed by atoms with Gasteiger partial charge in [0.1, 0.15) is 11.8 Å². The molecule has 0 aliphatic carbocycles. The monoisotopic (exact) mass is 243 g/mol. The van der Waals surface area contributed by atoms with Gasteiger partial charge in [0.25, 0.3) is 0 Å². The minimum absolute atomic E-state index is 0.0264. The maximum absolute atomic E-state index is 13.7. The van der Waals surface area contributed by atoms with Gasteiger partial charge in [-0.3, -0.25) is 0 Å². The zero-order valence-corrected chi connectivity index (χ0v) is 9.64. The van der Waals surface area contributed by atoms with Crippen LogP contribution in [-0.2, 0) is 0 Å². The normalized spacial score (nSPS) is 9.83. The number of benzene rings is 1. The van der Waals surface area contributed by atoms with E-state index in [9.17, 15) is 4.39 Å². The van der Waals surface area contributed by atoms with Gasteiger partial charge in [-0.05, 0) is 24.6 Å². The lowest BCUT2D eigenvalue weighted by Crippen LogP contribution is -1.99. The van der Waals surface area contributed by atoms with E-state index in [2.05, 4.69) is 4.98 Å². The molecule has 1 aromatic carbocycles. The van der Waals surface area contributed by atoms with Crippen molar-refractivity contribution in [2.45, 2.75) is 6.92 Å². The standard InChI is InChI=1S/C13H10FN3O/c1-8-3-2-4-10(11(8)14)18-13-12(16)9(7-15)5-6-17-13/h2-6H,16H2,1H3. The van der Waals surface area contributed by atoms with Crippen molar-refractivity contribution < 1.29 is 9.13 Å². The molecule has 1 heterocycles. The Balaban J connectivity index is 2.41. The van der Waals surface area contributed by atoms with E-state index in [-0.39, 0.29) is 22.9 Å². The molecule has 0 unspecified atom stereocenters.